The molecule has 2 fully saturated rings. The van der Waals surface area contributed by atoms with E-state index < -0.39 is 5.60 Å². The van der Waals surface area contributed by atoms with Crippen LogP contribution in [0.1, 0.15) is 54.8 Å². The van der Waals surface area contributed by atoms with Crippen LogP contribution in [0, 0.1) is 12.8 Å². The van der Waals surface area contributed by atoms with E-state index in [9.17, 15) is 5.11 Å². The topological polar surface area (TPSA) is 32.7 Å². The molecule has 4 heteroatoms. The van der Waals surface area contributed by atoms with Crippen LogP contribution in [0.2, 0.25) is 5.02 Å². The van der Waals surface area contributed by atoms with Gasteiger partial charge >= 0.3 is 0 Å². The lowest BCUT2D eigenvalue weighted by Crippen LogP contribution is -2.51. The van der Waals surface area contributed by atoms with E-state index in [-0.39, 0.29) is 12.0 Å². The predicted molar refractivity (Wildman–Crippen MR) is 123 cm³/mol. The van der Waals surface area contributed by atoms with E-state index in [0.717, 1.165) is 69.0 Å². The highest BCUT2D eigenvalue weighted by molar-refractivity contribution is 6.31. The molecule has 3 nitrogen and oxygen atoms in total. The standard InChI is InChI=1S/C26H34ClNO2/c1-20-8-2-4-10-22(20)25(28-16-18-30-19-17-28)23-11-6-7-14-26(23,29)15-13-21-9-3-5-12-24(21)27/h2-5,8-10,12,23,25,29H,6-7,11,13-19H2,1H3. The molecule has 2 aromatic carbocycles. The van der Waals surface area contributed by atoms with E-state index in [1.54, 1.807) is 0 Å². The van der Waals surface area contributed by atoms with E-state index in [4.69, 9.17) is 16.3 Å². The SMILES string of the molecule is Cc1ccccc1C(C1CCCCC1(O)CCc1ccccc1Cl)N1CCOCC1. The van der Waals surface area contributed by atoms with Crippen molar-refractivity contribution in [2.75, 3.05) is 26.3 Å². The molecule has 1 aliphatic heterocycles. The highest BCUT2D eigenvalue weighted by Crippen LogP contribution is 2.47. The van der Waals surface area contributed by atoms with E-state index in [1.807, 2.05) is 18.2 Å². The largest absolute Gasteiger partial charge is 0.390 e. The van der Waals surface area contributed by atoms with Crippen LogP contribution >= 0.6 is 11.6 Å². The molecule has 1 N–H and O–H groups in total. The molecule has 162 valence electrons. The van der Waals surface area contributed by atoms with Crippen molar-refractivity contribution in [2.45, 2.75) is 57.1 Å². The third-order valence-corrected chi connectivity index (χ3v) is 7.55. The van der Waals surface area contributed by atoms with Gasteiger partial charge in [0.1, 0.15) is 0 Å². The number of benzene rings is 2. The van der Waals surface area contributed by atoms with Gasteiger partial charge in [-0.05, 0) is 55.4 Å². The van der Waals surface area contributed by atoms with E-state index in [2.05, 4.69) is 42.2 Å². The van der Waals surface area contributed by atoms with Gasteiger partial charge in [-0.1, -0.05) is 66.9 Å². The van der Waals surface area contributed by atoms with Crippen LogP contribution in [0.15, 0.2) is 48.5 Å². The zero-order valence-electron chi connectivity index (χ0n) is 18.0. The van der Waals surface area contributed by atoms with Crippen LogP contribution in [-0.4, -0.2) is 41.9 Å². The van der Waals surface area contributed by atoms with Gasteiger partial charge in [-0.2, -0.15) is 0 Å². The maximum absolute atomic E-state index is 12.0. The fourth-order valence-electron chi connectivity index (χ4n) is 5.51. The molecule has 4 rings (SSSR count). The molecule has 1 saturated carbocycles. The number of nitrogens with zero attached hydrogens (tertiary/aromatic N) is 1. The van der Waals surface area contributed by atoms with Gasteiger partial charge in [-0.3, -0.25) is 4.90 Å². The summed E-state index contributed by atoms with van der Waals surface area (Å²) in [5, 5.41) is 12.8. The smallest absolute Gasteiger partial charge is 0.0697 e. The van der Waals surface area contributed by atoms with Gasteiger partial charge in [0.05, 0.1) is 18.8 Å². The Bertz CT molecular complexity index is 835. The summed E-state index contributed by atoms with van der Waals surface area (Å²) in [6.07, 6.45) is 5.79. The number of aryl methyl sites for hydroxylation is 2. The first-order chi connectivity index (χ1) is 14.6. The van der Waals surface area contributed by atoms with Crippen LogP contribution in [0.3, 0.4) is 0 Å². The zero-order chi connectivity index (χ0) is 21.0. The van der Waals surface area contributed by atoms with Crippen LogP contribution in [0.5, 0.6) is 0 Å². The Morgan fingerprint density at radius 1 is 1.10 bits per heavy atom. The molecular formula is C26H34ClNO2. The summed E-state index contributed by atoms with van der Waals surface area (Å²) >= 11 is 6.42. The summed E-state index contributed by atoms with van der Waals surface area (Å²) < 4.78 is 5.65. The Balaban J connectivity index is 1.64. The van der Waals surface area contributed by atoms with Crippen LogP contribution in [-0.2, 0) is 11.2 Å². The van der Waals surface area contributed by atoms with Gasteiger partial charge in [-0.25, -0.2) is 0 Å². The van der Waals surface area contributed by atoms with E-state index in [1.165, 1.54) is 17.5 Å². The molecule has 0 bridgehead atoms. The minimum absolute atomic E-state index is 0.216. The number of hydrogen-bond donors (Lipinski definition) is 1. The van der Waals surface area contributed by atoms with Crippen molar-refractivity contribution >= 4 is 11.6 Å². The molecule has 2 aliphatic rings. The highest BCUT2D eigenvalue weighted by Gasteiger charge is 2.45. The minimum atomic E-state index is -0.678. The zero-order valence-corrected chi connectivity index (χ0v) is 18.8. The molecule has 1 aliphatic carbocycles. The first-order valence-electron chi connectivity index (χ1n) is 11.4. The van der Waals surface area contributed by atoms with Crippen LogP contribution in [0.25, 0.3) is 0 Å². The molecule has 3 atom stereocenters. The summed E-state index contributed by atoms with van der Waals surface area (Å²) in [6, 6.07) is 17.0. The van der Waals surface area contributed by atoms with Crippen molar-refractivity contribution in [2.24, 2.45) is 5.92 Å². The van der Waals surface area contributed by atoms with Gasteiger partial charge in [0.15, 0.2) is 0 Å². The molecule has 30 heavy (non-hydrogen) atoms. The lowest BCUT2D eigenvalue weighted by Gasteiger charge is -2.49. The van der Waals surface area contributed by atoms with Gasteiger partial charge in [0.2, 0.25) is 0 Å². The van der Waals surface area contributed by atoms with Crippen LogP contribution in [0.4, 0.5) is 0 Å². The second-order valence-electron chi connectivity index (χ2n) is 9.00. The maximum Gasteiger partial charge on any atom is 0.0697 e. The highest BCUT2D eigenvalue weighted by atomic mass is 35.5. The molecule has 0 spiro atoms. The minimum Gasteiger partial charge on any atom is -0.390 e. The molecule has 0 aromatic heterocycles. The Labute approximate surface area is 186 Å². The van der Waals surface area contributed by atoms with Crippen molar-refractivity contribution in [1.82, 2.24) is 4.90 Å². The second kappa shape index (κ2) is 9.82. The molecule has 1 saturated heterocycles. The summed E-state index contributed by atoms with van der Waals surface area (Å²) in [5.74, 6) is 0.216. The molecular weight excluding hydrogens is 394 g/mol. The third kappa shape index (κ3) is 4.75. The fourth-order valence-corrected chi connectivity index (χ4v) is 5.74. The van der Waals surface area contributed by atoms with Crippen molar-refractivity contribution in [3.05, 3.63) is 70.2 Å². The maximum atomic E-state index is 12.0. The Hall–Kier alpha value is -1.39. The molecule has 1 heterocycles. The average Bonchev–Trinajstić information content (AvgIpc) is 2.77. The summed E-state index contributed by atoms with van der Waals surface area (Å²) in [7, 11) is 0. The third-order valence-electron chi connectivity index (χ3n) is 7.18. The average molecular weight is 428 g/mol. The normalized spacial score (nSPS) is 26.4. The second-order valence-corrected chi connectivity index (χ2v) is 9.40. The Kier molecular flexibility index (Phi) is 7.15. The number of morpholine rings is 1. The van der Waals surface area contributed by atoms with E-state index >= 15 is 0 Å². The van der Waals surface area contributed by atoms with Crippen molar-refractivity contribution in [3.63, 3.8) is 0 Å². The molecule has 2 aromatic rings. The number of hydrogen-bond acceptors (Lipinski definition) is 3. The number of aliphatic hydroxyl groups is 1. The van der Waals surface area contributed by atoms with Gasteiger partial charge < -0.3 is 9.84 Å². The lowest BCUT2D eigenvalue weighted by molar-refractivity contribution is -0.101. The monoisotopic (exact) mass is 427 g/mol. The lowest BCUT2D eigenvalue weighted by atomic mass is 9.67. The predicted octanol–water partition coefficient (Wildman–Crippen LogP) is 5.58. The number of rotatable bonds is 6. The summed E-state index contributed by atoms with van der Waals surface area (Å²) in [6.45, 7) is 5.60. The number of ether oxygens (including phenoxy) is 1. The fraction of sp³-hybridized carbons (Fsp3) is 0.538. The van der Waals surface area contributed by atoms with Crippen molar-refractivity contribution in [3.8, 4) is 0 Å². The summed E-state index contributed by atoms with van der Waals surface area (Å²) in [4.78, 5) is 2.56. The molecule has 0 amide bonds. The number of halogens is 1. The van der Waals surface area contributed by atoms with Gasteiger partial charge in [-0.15, -0.1) is 0 Å². The van der Waals surface area contributed by atoms with Gasteiger partial charge in [0.25, 0.3) is 0 Å². The summed E-state index contributed by atoms with van der Waals surface area (Å²) in [5.41, 5.74) is 3.13. The van der Waals surface area contributed by atoms with Crippen LogP contribution < -0.4 is 0 Å². The van der Waals surface area contributed by atoms with Crippen molar-refractivity contribution in [1.29, 1.82) is 0 Å². The Morgan fingerprint density at radius 3 is 2.60 bits per heavy atom. The molecule has 0 radical (unpaired) electrons. The first kappa shape index (κ1) is 21.8. The first-order valence-corrected chi connectivity index (χ1v) is 11.8. The van der Waals surface area contributed by atoms with E-state index in [0.29, 0.717) is 0 Å². The quantitative estimate of drug-likeness (QED) is 0.653. The Morgan fingerprint density at radius 2 is 1.83 bits per heavy atom. The molecule has 3 unspecified atom stereocenters. The van der Waals surface area contributed by atoms with Crippen molar-refractivity contribution < 1.29 is 9.84 Å². The van der Waals surface area contributed by atoms with Gasteiger partial charge in [0, 0.05) is 30.1 Å².